The Morgan fingerprint density at radius 3 is 2.43 bits per heavy atom. The van der Waals surface area contributed by atoms with Gasteiger partial charge in [-0.25, -0.2) is 14.2 Å². The first-order chi connectivity index (χ1) is 14.3. The molecule has 30 heavy (non-hydrogen) atoms. The lowest BCUT2D eigenvalue weighted by molar-refractivity contribution is -0.120. The van der Waals surface area contributed by atoms with Crippen LogP contribution in [0.15, 0.2) is 82.8 Å². The molecule has 0 fully saturated rings. The molecule has 0 aromatic heterocycles. The zero-order chi connectivity index (χ0) is 21.6. The third-order valence-corrected chi connectivity index (χ3v) is 5.15. The van der Waals surface area contributed by atoms with Crippen molar-refractivity contribution in [1.82, 2.24) is 5.43 Å². The summed E-state index contributed by atoms with van der Waals surface area (Å²) < 4.78 is 56.6. The lowest BCUT2D eigenvalue weighted by atomic mass is 10.1. The number of benzene rings is 3. The van der Waals surface area contributed by atoms with E-state index in [0.29, 0.717) is 6.07 Å². The number of hydrogen-bond acceptors (Lipinski definition) is 5. The third kappa shape index (κ3) is 5.48. The van der Waals surface area contributed by atoms with E-state index in [4.69, 9.17) is 4.18 Å². The number of carbonyl (C=O) groups is 1. The molecule has 0 saturated carbocycles. The Morgan fingerprint density at radius 1 is 1.00 bits per heavy atom. The van der Waals surface area contributed by atoms with E-state index in [2.05, 4.69) is 10.5 Å². The third-order valence-electron chi connectivity index (χ3n) is 3.88. The first-order valence-corrected chi connectivity index (χ1v) is 10.1. The van der Waals surface area contributed by atoms with Crippen LogP contribution in [0.5, 0.6) is 5.75 Å². The monoisotopic (exact) mass is 430 g/mol. The highest BCUT2D eigenvalue weighted by Crippen LogP contribution is 2.23. The van der Waals surface area contributed by atoms with Gasteiger partial charge in [0.1, 0.15) is 16.5 Å². The van der Waals surface area contributed by atoms with Crippen LogP contribution >= 0.6 is 0 Å². The van der Waals surface area contributed by atoms with Gasteiger partial charge in [0.25, 0.3) is 0 Å². The summed E-state index contributed by atoms with van der Waals surface area (Å²) >= 11 is 0. The van der Waals surface area contributed by atoms with Gasteiger partial charge in [-0.05, 0) is 29.8 Å². The maximum atomic E-state index is 13.8. The van der Waals surface area contributed by atoms with Gasteiger partial charge in [0.05, 0.1) is 12.6 Å². The van der Waals surface area contributed by atoms with Gasteiger partial charge in [-0.15, -0.1) is 0 Å². The summed E-state index contributed by atoms with van der Waals surface area (Å²) in [5.41, 5.74) is 3.37. The molecule has 1 N–H and O–H groups in total. The molecule has 3 rings (SSSR count). The zero-order valence-electron chi connectivity index (χ0n) is 15.5. The lowest BCUT2D eigenvalue weighted by Gasteiger charge is -2.10. The van der Waals surface area contributed by atoms with E-state index in [1.165, 1.54) is 24.4 Å². The molecule has 0 heterocycles. The highest BCUT2D eigenvalue weighted by Gasteiger charge is 2.23. The maximum Gasteiger partial charge on any atom is 0.342 e. The van der Waals surface area contributed by atoms with Gasteiger partial charge in [0.2, 0.25) is 5.91 Å². The number of hydrazone groups is 1. The molecule has 3 aromatic rings. The van der Waals surface area contributed by atoms with Crippen LogP contribution in [0, 0.1) is 11.6 Å². The molecule has 0 spiro atoms. The van der Waals surface area contributed by atoms with Crippen LogP contribution in [0.25, 0.3) is 0 Å². The zero-order valence-corrected chi connectivity index (χ0v) is 16.3. The molecular weight excluding hydrogens is 414 g/mol. The SMILES string of the molecule is O=C(Cc1ccccc1)NN=Cc1ccccc1OS(=O)(=O)c1ccc(F)cc1F. The Bertz CT molecular complexity index is 1180. The normalized spacial score (nSPS) is 11.4. The van der Waals surface area contributed by atoms with E-state index in [1.54, 1.807) is 18.2 Å². The van der Waals surface area contributed by atoms with Crippen molar-refractivity contribution in [2.24, 2.45) is 5.10 Å². The quantitative estimate of drug-likeness (QED) is 0.354. The molecular formula is C21H16F2N2O4S. The van der Waals surface area contributed by atoms with E-state index in [-0.39, 0.29) is 23.6 Å². The van der Waals surface area contributed by atoms with Crippen LogP contribution in [0.1, 0.15) is 11.1 Å². The van der Waals surface area contributed by atoms with Crippen molar-refractivity contribution < 1.29 is 26.2 Å². The second-order valence-electron chi connectivity index (χ2n) is 6.11. The lowest BCUT2D eigenvalue weighted by Crippen LogP contribution is -2.19. The largest absolute Gasteiger partial charge is 0.378 e. The average Bonchev–Trinajstić information content (AvgIpc) is 2.69. The summed E-state index contributed by atoms with van der Waals surface area (Å²) in [4.78, 5) is 11.1. The fourth-order valence-electron chi connectivity index (χ4n) is 2.50. The number of hydrogen-bond donors (Lipinski definition) is 1. The molecule has 0 unspecified atom stereocenters. The average molecular weight is 430 g/mol. The van der Waals surface area contributed by atoms with Crippen molar-refractivity contribution >= 4 is 22.2 Å². The molecule has 0 bridgehead atoms. The van der Waals surface area contributed by atoms with Crippen molar-refractivity contribution in [2.75, 3.05) is 0 Å². The first-order valence-electron chi connectivity index (χ1n) is 8.69. The molecule has 0 radical (unpaired) electrons. The van der Waals surface area contributed by atoms with E-state index in [1.807, 2.05) is 18.2 Å². The number of nitrogens with zero attached hydrogens (tertiary/aromatic N) is 1. The number of nitrogens with one attached hydrogen (secondary N) is 1. The molecule has 0 saturated heterocycles. The van der Waals surface area contributed by atoms with Gasteiger partial charge in [-0.2, -0.15) is 13.5 Å². The van der Waals surface area contributed by atoms with Gasteiger partial charge < -0.3 is 4.18 Å². The van der Waals surface area contributed by atoms with Crippen molar-refractivity contribution in [3.8, 4) is 5.75 Å². The Morgan fingerprint density at radius 2 is 1.70 bits per heavy atom. The van der Waals surface area contributed by atoms with E-state index < -0.39 is 26.6 Å². The Balaban J connectivity index is 1.72. The molecule has 0 aliphatic rings. The topological polar surface area (TPSA) is 84.8 Å². The van der Waals surface area contributed by atoms with E-state index in [0.717, 1.165) is 17.7 Å². The molecule has 9 heteroatoms. The minimum Gasteiger partial charge on any atom is -0.378 e. The van der Waals surface area contributed by atoms with Gasteiger partial charge in [-0.1, -0.05) is 42.5 Å². The van der Waals surface area contributed by atoms with E-state index >= 15 is 0 Å². The Kier molecular flexibility index (Phi) is 6.53. The molecule has 0 aliphatic heterocycles. The van der Waals surface area contributed by atoms with Crippen molar-refractivity contribution in [3.05, 3.63) is 95.6 Å². The number of carbonyl (C=O) groups excluding carboxylic acids is 1. The number of para-hydroxylation sites is 1. The number of rotatable bonds is 7. The fraction of sp³-hybridized carbons (Fsp3) is 0.0476. The smallest absolute Gasteiger partial charge is 0.342 e. The van der Waals surface area contributed by atoms with Crippen LogP contribution in [0.2, 0.25) is 0 Å². The van der Waals surface area contributed by atoms with Crippen molar-refractivity contribution in [1.29, 1.82) is 0 Å². The number of halogens is 2. The molecule has 154 valence electrons. The van der Waals surface area contributed by atoms with Crippen LogP contribution in [-0.4, -0.2) is 20.5 Å². The predicted molar refractivity (Wildman–Crippen MR) is 106 cm³/mol. The van der Waals surface area contributed by atoms with Gasteiger partial charge in [0.15, 0.2) is 5.75 Å². The molecule has 1 amide bonds. The summed E-state index contributed by atoms with van der Waals surface area (Å²) in [5, 5.41) is 3.81. The molecule has 6 nitrogen and oxygen atoms in total. The minimum atomic E-state index is -4.56. The molecule has 0 aliphatic carbocycles. The van der Waals surface area contributed by atoms with Crippen LogP contribution in [0.4, 0.5) is 8.78 Å². The maximum absolute atomic E-state index is 13.8. The number of amides is 1. The molecule has 3 aromatic carbocycles. The Hall–Kier alpha value is -3.59. The van der Waals surface area contributed by atoms with Crippen LogP contribution < -0.4 is 9.61 Å². The van der Waals surface area contributed by atoms with Crippen LogP contribution in [0.3, 0.4) is 0 Å². The summed E-state index contributed by atoms with van der Waals surface area (Å²) in [6, 6.07) is 17.0. The highest BCUT2D eigenvalue weighted by molar-refractivity contribution is 7.87. The first kappa shape index (κ1) is 21.1. The summed E-state index contributed by atoms with van der Waals surface area (Å²) in [7, 11) is -4.56. The van der Waals surface area contributed by atoms with Crippen molar-refractivity contribution in [2.45, 2.75) is 11.3 Å². The summed E-state index contributed by atoms with van der Waals surface area (Å²) in [6.45, 7) is 0. The second kappa shape index (κ2) is 9.27. The highest BCUT2D eigenvalue weighted by atomic mass is 32.2. The fourth-order valence-corrected chi connectivity index (χ4v) is 3.51. The minimum absolute atomic E-state index is 0.120. The predicted octanol–water partition coefficient (Wildman–Crippen LogP) is 3.43. The van der Waals surface area contributed by atoms with Gasteiger partial charge in [0, 0.05) is 11.6 Å². The van der Waals surface area contributed by atoms with Crippen LogP contribution in [-0.2, 0) is 21.3 Å². The molecule has 0 atom stereocenters. The van der Waals surface area contributed by atoms with E-state index in [9.17, 15) is 22.0 Å². The van der Waals surface area contributed by atoms with Gasteiger partial charge >= 0.3 is 10.1 Å². The summed E-state index contributed by atoms with van der Waals surface area (Å²) in [6.07, 6.45) is 1.32. The Labute approximate surface area is 171 Å². The second-order valence-corrected chi connectivity index (χ2v) is 7.62. The van der Waals surface area contributed by atoms with Gasteiger partial charge in [-0.3, -0.25) is 4.79 Å². The standard InChI is InChI=1S/C21H16F2N2O4S/c22-17-10-11-20(18(23)13-17)30(27,28)29-19-9-5-4-8-16(19)14-24-25-21(26)12-15-6-2-1-3-7-15/h1-11,13-14H,12H2,(H,25,26). The summed E-state index contributed by atoms with van der Waals surface area (Å²) in [5.74, 6) is -2.68. The van der Waals surface area contributed by atoms with Crippen molar-refractivity contribution in [3.63, 3.8) is 0 Å².